The molecule has 2 amide bonds. The fraction of sp³-hybridized carbons (Fsp3) is 0.231. The molecule has 1 heterocycles. The molecule has 0 spiro atoms. The number of benzene rings is 3. The first-order chi connectivity index (χ1) is 17.9. The summed E-state index contributed by atoms with van der Waals surface area (Å²) in [6, 6.07) is 14.6. The van der Waals surface area contributed by atoms with Gasteiger partial charge in [0.25, 0.3) is 10.0 Å². The third-order valence-electron chi connectivity index (χ3n) is 6.02. The smallest absolute Gasteiger partial charge is 0.324 e. The molecule has 0 atom stereocenters. The van der Waals surface area contributed by atoms with E-state index in [4.69, 9.17) is 11.6 Å². The molecule has 0 saturated carbocycles. The number of halogens is 4. The molecule has 7 nitrogen and oxygen atoms in total. The molecule has 1 fully saturated rings. The summed E-state index contributed by atoms with van der Waals surface area (Å²) in [5, 5.41) is 1.99. The van der Waals surface area contributed by atoms with E-state index in [2.05, 4.69) is 5.32 Å². The molecule has 0 radical (unpaired) electrons. The zero-order chi connectivity index (χ0) is 27.7. The van der Waals surface area contributed by atoms with Crippen molar-refractivity contribution in [2.75, 3.05) is 27.6 Å². The van der Waals surface area contributed by atoms with Crippen LogP contribution in [0.2, 0.25) is 5.02 Å². The summed E-state index contributed by atoms with van der Waals surface area (Å²) in [5.41, 5.74) is 0.121. The number of carbonyl (C=O) groups is 2. The van der Waals surface area contributed by atoms with Gasteiger partial charge in [-0.2, -0.15) is 13.2 Å². The lowest BCUT2D eigenvalue weighted by atomic mass is 10.1. The number of alkyl halides is 3. The van der Waals surface area contributed by atoms with Gasteiger partial charge >= 0.3 is 6.18 Å². The van der Waals surface area contributed by atoms with E-state index in [0.29, 0.717) is 41.1 Å². The van der Waals surface area contributed by atoms with Gasteiger partial charge in [-0.05, 0) is 61.4 Å². The molecule has 3 aromatic carbocycles. The van der Waals surface area contributed by atoms with Crippen LogP contribution in [0.3, 0.4) is 0 Å². The third-order valence-corrected chi connectivity index (χ3v) is 8.14. The average molecular weight is 566 g/mol. The summed E-state index contributed by atoms with van der Waals surface area (Å²) >= 11 is 5.73. The van der Waals surface area contributed by atoms with Gasteiger partial charge in [0.2, 0.25) is 11.8 Å². The van der Waals surface area contributed by atoms with Crippen LogP contribution in [0.25, 0.3) is 0 Å². The van der Waals surface area contributed by atoms with Crippen molar-refractivity contribution in [2.45, 2.75) is 30.8 Å². The predicted octanol–water partition coefficient (Wildman–Crippen LogP) is 5.63. The normalized spacial score (nSPS) is 14.0. The van der Waals surface area contributed by atoms with Crippen LogP contribution in [-0.2, 0) is 25.8 Å². The number of rotatable bonds is 7. The average Bonchev–Trinajstić information content (AvgIpc) is 3.29. The number of sulfonamides is 1. The predicted molar refractivity (Wildman–Crippen MR) is 139 cm³/mol. The highest BCUT2D eigenvalue weighted by molar-refractivity contribution is 7.92. The minimum atomic E-state index is -4.84. The fourth-order valence-electron chi connectivity index (χ4n) is 4.13. The van der Waals surface area contributed by atoms with Gasteiger partial charge < -0.3 is 10.2 Å². The van der Waals surface area contributed by atoms with Gasteiger partial charge in [0.1, 0.15) is 6.54 Å². The van der Waals surface area contributed by atoms with Crippen LogP contribution >= 0.6 is 11.6 Å². The number of hydrogen-bond acceptors (Lipinski definition) is 4. The number of amides is 2. The second-order valence-electron chi connectivity index (χ2n) is 8.69. The fourth-order valence-corrected chi connectivity index (χ4v) is 5.79. The summed E-state index contributed by atoms with van der Waals surface area (Å²) in [7, 11) is -4.44. The molecule has 4 rings (SSSR count). The van der Waals surface area contributed by atoms with E-state index in [1.165, 1.54) is 24.3 Å². The Morgan fingerprint density at radius 2 is 1.79 bits per heavy atom. The highest BCUT2D eigenvalue weighted by Crippen LogP contribution is 2.38. The summed E-state index contributed by atoms with van der Waals surface area (Å²) in [4.78, 5) is 26.7. The first-order valence-corrected chi connectivity index (χ1v) is 13.3. The second kappa shape index (κ2) is 10.7. The SMILES string of the molecule is Cc1ccc(NC(=O)CN(c2ccc(Cl)c(C(F)(F)F)c2)S(=O)(=O)c2ccccc2)cc1N1CCCC1=O. The van der Waals surface area contributed by atoms with Crippen LogP contribution in [0.5, 0.6) is 0 Å². The Morgan fingerprint density at radius 1 is 1.08 bits per heavy atom. The second-order valence-corrected chi connectivity index (χ2v) is 11.0. The van der Waals surface area contributed by atoms with Crippen molar-refractivity contribution in [1.29, 1.82) is 0 Å². The van der Waals surface area contributed by atoms with Crippen molar-refractivity contribution in [3.8, 4) is 0 Å². The highest BCUT2D eigenvalue weighted by Gasteiger charge is 2.35. The van der Waals surface area contributed by atoms with E-state index in [9.17, 15) is 31.2 Å². The van der Waals surface area contributed by atoms with E-state index < -0.39 is 39.2 Å². The molecule has 12 heteroatoms. The van der Waals surface area contributed by atoms with E-state index in [-0.39, 0.29) is 16.5 Å². The molecule has 0 aliphatic carbocycles. The summed E-state index contributed by atoms with van der Waals surface area (Å²) in [6.45, 7) is 1.54. The molecular formula is C26H23ClF3N3O4S. The Bertz CT molecular complexity index is 1480. The molecule has 38 heavy (non-hydrogen) atoms. The quantitative estimate of drug-likeness (QED) is 0.402. The van der Waals surface area contributed by atoms with Gasteiger partial charge in [-0.15, -0.1) is 0 Å². The zero-order valence-corrected chi connectivity index (χ0v) is 21.7. The Hall–Kier alpha value is -3.57. The minimum Gasteiger partial charge on any atom is -0.324 e. The molecule has 0 bridgehead atoms. The molecule has 0 aromatic heterocycles. The number of anilines is 3. The maximum atomic E-state index is 13.5. The van der Waals surface area contributed by atoms with Crippen LogP contribution in [0.15, 0.2) is 71.6 Å². The van der Waals surface area contributed by atoms with Crippen LogP contribution in [0, 0.1) is 6.92 Å². The van der Waals surface area contributed by atoms with Crippen molar-refractivity contribution in [2.24, 2.45) is 0 Å². The van der Waals surface area contributed by atoms with Crippen molar-refractivity contribution < 1.29 is 31.2 Å². The highest BCUT2D eigenvalue weighted by atomic mass is 35.5. The van der Waals surface area contributed by atoms with Crippen LogP contribution in [0.4, 0.5) is 30.2 Å². The van der Waals surface area contributed by atoms with Crippen LogP contribution in [-0.4, -0.2) is 33.3 Å². The Balaban J connectivity index is 1.68. The maximum absolute atomic E-state index is 13.5. The van der Waals surface area contributed by atoms with Crippen molar-refractivity contribution in [1.82, 2.24) is 0 Å². The Labute approximate surface area is 222 Å². The maximum Gasteiger partial charge on any atom is 0.417 e. The summed E-state index contributed by atoms with van der Waals surface area (Å²) in [6.07, 6.45) is -3.71. The van der Waals surface area contributed by atoms with E-state index in [1.807, 2.05) is 6.92 Å². The topological polar surface area (TPSA) is 86.8 Å². The molecule has 1 N–H and O–H groups in total. The largest absolute Gasteiger partial charge is 0.417 e. The minimum absolute atomic E-state index is 0.0417. The lowest BCUT2D eigenvalue weighted by Crippen LogP contribution is -2.38. The lowest BCUT2D eigenvalue weighted by Gasteiger charge is -2.25. The molecule has 0 unspecified atom stereocenters. The number of nitrogens with zero attached hydrogens (tertiary/aromatic N) is 2. The number of carbonyl (C=O) groups excluding carboxylic acids is 2. The molecular weight excluding hydrogens is 543 g/mol. The Kier molecular flexibility index (Phi) is 7.70. The van der Waals surface area contributed by atoms with Crippen molar-refractivity contribution in [3.05, 3.63) is 82.9 Å². The first-order valence-electron chi connectivity index (χ1n) is 11.5. The van der Waals surface area contributed by atoms with Gasteiger partial charge in [-0.1, -0.05) is 35.9 Å². The first kappa shape index (κ1) is 27.5. The third kappa shape index (κ3) is 5.78. The van der Waals surface area contributed by atoms with E-state index >= 15 is 0 Å². The standard InChI is InChI=1S/C26H23ClF3N3O4S/c1-17-9-10-18(14-23(17)32-13-5-8-25(32)35)31-24(34)16-33(38(36,37)20-6-3-2-4-7-20)19-11-12-22(27)21(15-19)26(28,29)30/h2-4,6-7,9-12,14-15H,5,8,13,16H2,1H3,(H,31,34). The van der Waals surface area contributed by atoms with Gasteiger partial charge in [0.15, 0.2) is 0 Å². The molecule has 1 aliphatic heterocycles. The molecule has 200 valence electrons. The summed E-state index contributed by atoms with van der Waals surface area (Å²) < 4.78 is 68.1. The van der Waals surface area contributed by atoms with Crippen LogP contribution < -0.4 is 14.5 Å². The van der Waals surface area contributed by atoms with Gasteiger partial charge in [-0.3, -0.25) is 13.9 Å². The van der Waals surface area contributed by atoms with Gasteiger partial charge in [0, 0.05) is 24.3 Å². The van der Waals surface area contributed by atoms with Crippen molar-refractivity contribution in [3.63, 3.8) is 0 Å². The zero-order valence-electron chi connectivity index (χ0n) is 20.1. The Morgan fingerprint density at radius 3 is 2.42 bits per heavy atom. The van der Waals surface area contributed by atoms with E-state index in [0.717, 1.165) is 17.7 Å². The van der Waals surface area contributed by atoms with Crippen LogP contribution in [0.1, 0.15) is 24.0 Å². The molecule has 1 saturated heterocycles. The van der Waals surface area contributed by atoms with E-state index in [1.54, 1.807) is 29.2 Å². The van der Waals surface area contributed by atoms with Gasteiger partial charge in [0.05, 0.1) is 21.2 Å². The lowest BCUT2D eigenvalue weighted by molar-refractivity contribution is -0.137. The van der Waals surface area contributed by atoms with Crippen molar-refractivity contribution >= 4 is 50.5 Å². The summed E-state index contributed by atoms with van der Waals surface area (Å²) in [5.74, 6) is -0.838. The number of aryl methyl sites for hydroxylation is 1. The molecule has 1 aliphatic rings. The molecule has 3 aromatic rings. The number of nitrogens with one attached hydrogen (secondary N) is 1. The number of hydrogen-bond donors (Lipinski definition) is 1. The monoisotopic (exact) mass is 565 g/mol. The van der Waals surface area contributed by atoms with Gasteiger partial charge in [-0.25, -0.2) is 8.42 Å².